The zero-order valence-electron chi connectivity index (χ0n) is 12.6. The standard InChI is InChI=1S/C17H17N5/c1-13-14(2)22(21-18-13)17(15-9-5-3-6-10-15)20-19-16-11-7-4-8-12-16/h3-12,19H,1-2H3/b20-17+. The second-order valence-electron chi connectivity index (χ2n) is 4.95. The van der Waals surface area contributed by atoms with Crippen LogP contribution < -0.4 is 5.43 Å². The summed E-state index contributed by atoms with van der Waals surface area (Å²) in [6.07, 6.45) is 0. The van der Waals surface area contributed by atoms with Crippen molar-refractivity contribution in [1.29, 1.82) is 0 Å². The Bertz CT molecular complexity index is 775. The van der Waals surface area contributed by atoms with Gasteiger partial charge in [0.1, 0.15) is 0 Å². The number of rotatable bonds is 3. The van der Waals surface area contributed by atoms with E-state index in [1.807, 2.05) is 74.5 Å². The van der Waals surface area contributed by atoms with Gasteiger partial charge in [0.25, 0.3) is 0 Å². The molecule has 0 fully saturated rings. The van der Waals surface area contributed by atoms with Gasteiger partial charge in [0.05, 0.1) is 17.1 Å². The molecule has 0 radical (unpaired) electrons. The van der Waals surface area contributed by atoms with Crippen LogP contribution in [0.2, 0.25) is 0 Å². The molecule has 0 atom stereocenters. The lowest BCUT2D eigenvalue weighted by molar-refractivity contribution is 0.820. The predicted molar refractivity (Wildman–Crippen MR) is 87.9 cm³/mol. The first-order valence-corrected chi connectivity index (χ1v) is 7.09. The molecule has 110 valence electrons. The second-order valence-corrected chi connectivity index (χ2v) is 4.95. The summed E-state index contributed by atoms with van der Waals surface area (Å²) < 4.78 is 1.75. The number of aromatic nitrogens is 3. The molecular formula is C17H17N5. The molecule has 0 aliphatic heterocycles. The maximum Gasteiger partial charge on any atom is 0.182 e. The third-order valence-electron chi connectivity index (χ3n) is 3.42. The topological polar surface area (TPSA) is 55.1 Å². The molecule has 1 aromatic heterocycles. The van der Waals surface area contributed by atoms with Gasteiger partial charge in [0, 0.05) is 5.56 Å². The fourth-order valence-corrected chi connectivity index (χ4v) is 2.06. The number of hydrazone groups is 1. The third-order valence-corrected chi connectivity index (χ3v) is 3.42. The molecule has 5 nitrogen and oxygen atoms in total. The Morgan fingerprint density at radius 2 is 1.59 bits per heavy atom. The molecular weight excluding hydrogens is 274 g/mol. The summed E-state index contributed by atoms with van der Waals surface area (Å²) in [5.41, 5.74) is 6.83. The number of nitrogens with zero attached hydrogens (tertiary/aromatic N) is 4. The Kier molecular flexibility index (Phi) is 3.96. The highest BCUT2D eigenvalue weighted by atomic mass is 15.5. The van der Waals surface area contributed by atoms with Crippen LogP contribution in [0.5, 0.6) is 0 Å². The predicted octanol–water partition coefficient (Wildman–Crippen LogP) is 3.22. The second kappa shape index (κ2) is 6.22. The van der Waals surface area contributed by atoms with Crippen molar-refractivity contribution >= 4 is 11.5 Å². The van der Waals surface area contributed by atoms with E-state index in [-0.39, 0.29) is 0 Å². The maximum absolute atomic E-state index is 4.54. The minimum Gasteiger partial charge on any atom is -0.276 e. The van der Waals surface area contributed by atoms with Crippen molar-refractivity contribution in [3.05, 3.63) is 77.6 Å². The molecule has 1 N–H and O–H groups in total. The largest absolute Gasteiger partial charge is 0.276 e. The molecule has 0 aliphatic rings. The summed E-state index contributed by atoms with van der Waals surface area (Å²) in [6, 6.07) is 19.8. The van der Waals surface area contributed by atoms with Gasteiger partial charge >= 0.3 is 0 Å². The summed E-state index contributed by atoms with van der Waals surface area (Å²) in [4.78, 5) is 0. The number of nitrogens with one attached hydrogen (secondary N) is 1. The lowest BCUT2D eigenvalue weighted by Gasteiger charge is -2.09. The van der Waals surface area contributed by atoms with Crippen molar-refractivity contribution < 1.29 is 0 Å². The minimum atomic E-state index is 0.711. The number of benzene rings is 2. The Morgan fingerprint density at radius 1 is 0.955 bits per heavy atom. The number of anilines is 1. The van der Waals surface area contributed by atoms with Crippen molar-refractivity contribution in [1.82, 2.24) is 15.0 Å². The van der Waals surface area contributed by atoms with Gasteiger partial charge in [-0.2, -0.15) is 9.78 Å². The van der Waals surface area contributed by atoms with E-state index in [4.69, 9.17) is 0 Å². The summed E-state index contributed by atoms with van der Waals surface area (Å²) >= 11 is 0. The summed E-state index contributed by atoms with van der Waals surface area (Å²) in [6.45, 7) is 3.92. The molecule has 2 aromatic carbocycles. The van der Waals surface area contributed by atoms with Gasteiger partial charge in [-0.15, -0.1) is 5.10 Å². The van der Waals surface area contributed by atoms with Gasteiger partial charge in [-0.3, -0.25) is 5.43 Å². The average Bonchev–Trinajstić information content (AvgIpc) is 2.90. The quantitative estimate of drug-likeness (QED) is 0.458. The van der Waals surface area contributed by atoms with Gasteiger partial charge in [0.15, 0.2) is 5.84 Å². The molecule has 0 aliphatic carbocycles. The maximum atomic E-state index is 4.54. The number of para-hydroxylation sites is 1. The third kappa shape index (κ3) is 2.88. The van der Waals surface area contributed by atoms with E-state index in [1.165, 1.54) is 0 Å². The SMILES string of the molecule is Cc1nnn(/C(=N/Nc2ccccc2)c2ccccc2)c1C. The number of hydrogen-bond acceptors (Lipinski definition) is 4. The highest BCUT2D eigenvalue weighted by Crippen LogP contribution is 2.10. The minimum absolute atomic E-state index is 0.711. The molecule has 0 saturated heterocycles. The Hall–Kier alpha value is -2.95. The van der Waals surface area contributed by atoms with Crippen LogP contribution >= 0.6 is 0 Å². The zero-order valence-corrected chi connectivity index (χ0v) is 12.6. The summed E-state index contributed by atoms with van der Waals surface area (Å²) in [7, 11) is 0. The highest BCUT2D eigenvalue weighted by molar-refractivity contribution is 6.00. The summed E-state index contributed by atoms with van der Waals surface area (Å²) in [5, 5.41) is 12.9. The number of hydrogen-bond donors (Lipinski definition) is 1. The van der Waals surface area contributed by atoms with Crippen LogP contribution in [-0.4, -0.2) is 20.8 Å². The fourth-order valence-electron chi connectivity index (χ4n) is 2.06. The first-order chi connectivity index (χ1) is 10.8. The molecule has 22 heavy (non-hydrogen) atoms. The lowest BCUT2D eigenvalue weighted by atomic mass is 10.2. The van der Waals surface area contributed by atoms with Crippen molar-refractivity contribution in [2.24, 2.45) is 5.10 Å². The Balaban J connectivity index is 2.02. The van der Waals surface area contributed by atoms with Crippen LogP contribution in [0.25, 0.3) is 0 Å². The average molecular weight is 291 g/mol. The number of aryl methyl sites for hydroxylation is 1. The van der Waals surface area contributed by atoms with Gasteiger partial charge in [-0.05, 0) is 26.0 Å². The molecule has 3 aromatic rings. The molecule has 3 rings (SSSR count). The summed E-state index contributed by atoms with van der Waals surface area (Å²) in [5.74, 6) is 0.711. The van der Waals surface area contributed by atoms with Crippen molar-refractivity contribution in [3.63, 3.8) is 0 Å². The van der Waals surface area contributed by atoms with Crippen molar-refractivity contribution in [2.45, 2.75) is 13.8 Å². The fraction of sp³-hybridized carbons (Fsp3) is 0.118. The van der Waals surface area contributed by atoms with Crippen LogP contribution in [0.15, 0.2) is 65.8 Å². The van der Waals surface area contributed by atoms with Crippen molar-refractivity contribution in [2.75, 3.05) is 5.43 Å². The molecule has 0 unspecified atom stereocenters. The van der Waals surface area contributed by atoms with E-state index in [0.29, 0.717) is 5.84 Å². The van der Waals surface area contributed by atoms with E-state index >= 15 is 0 Å². The smallest absolute Gasteiger partial charge is 0.182 e. The molecule has 1 heterocycles. The van der Waals surface area contributed by atoms with Crippen LogP contribution in [0.3, 0.4) is 0 Å². The Labute approximate surface area is 129 Å². The van der Waals surface area contributed by atoms with E-state index in [0.717, 1.165) is 22.6 Å². The van der Waals surface area contributed by atoms with E-state index < -0.39 is 0 Å². The van der Waals surface area contributed by atoms with E-state index in [9.17, 15) is 0 Å². The van der Waals surface area contributed by atoms with Gasteiger partial charge in [0.2, 0.25) is 0 Å². The van der Waals surface area contributed by atoms with Crippen molar-refractivity contribution in [3.8, 4) is 0 Å². The van der Waals surface area contributed by atoms with Gasteiger partial charge in [-0.25, -0.2) is 0 Å². The van der Waals surface area contributed by atoms with Gasteiger partial charge in [-0.1, -0.05) is 53.7 Å². The Morgan fingerprint density at radius 3 is 2.18 bits per heavy atom. The monoisotopic (exact) mass is 291 g/mol. The van der Waals surface area contributed by atoms with Crippen LogP contribution in [0, 0.1) is 13.8 Å². The van der Waals surface area contributed by atoms with Crippen LogP contribution in [0.4, 0.5) is 5.69 Å². The van der Waals surface area contributed by atoms with E-state index in [2.05, 4.69) is 20.8 Å². The zero-order chi connectivity index (χ0) is 15.4. The molecule has 0 saturated carbocycles. The van der Waals surface area contributed by atoms with Crippen LogP contribution in [0.1, 0.15) is 17.0 Å². The van der Waals surface area contributed by atoms with Crippen LogP contribution in [-0.2, 0) is 0 Å². The first kappa shape index (κ1) is 14.0. The molecule has 5 heteroatoms. The molecule has 0 bridgehead atoms. The highest BCUT2D eigenvalue weighted by Gasteiger charge is 2.12. The van der Waals surface area contributed by atoms with E-state index in [1.54, 1.807) is 4.68 Å². The molecule has 0 spiro atoms. The molecule has 0 amide bonds. The normalized spacial score (nSPS) is 11.5. The van der Waals surface area contributed by atoms with Gasteiger partial charge < -0.3 is 0 Å². The first-order valence-electron chi connectivity index (χ1n) is 7.09. The lowest BCUT2D eigenvalue weighted by Crippen LogP contribution is -2.18.